The second kappa shape index (κ2) is 7.72. The average molecular weight is 305 g/mol. The van der Waals surface area contributed by atoms with Gasteiger partial charge < -0.3 is 14.9 Å². The normalized spacial score (nSPS) is 18.2. The Labute approximate surface area is 133 Å². The maximum atomic E-state index is 12.3. The molecule has 1 N–H and O–H groups in total. The summed E-state index contributed by atoms with van der Waals surface area (Å²) in [6.45, 7) is 7.15. The van der Waals surface area contributed by atoms with E-state index < -0.39 is 0 Å². The molecule has 0 aliphatic carbocycles. The van der Waals surface area contributed by atoms with Crippen LogP contribution in [0.2, 0.25) is 0 Å². The third-order valence-electron chi connectivity index (χ3n) is 4.45. The van der Waals surface area contributed by atoms with Crippen LogP contribution >= 0.6 is 0 Å². The topological polar surface area (TPSA) is 47.0 Å². The van der Waals surface area contributed by atoms with Gasteiger partial charge in [-0.3, -0.25) is 9.69 Å². The standard InChI is InChI=1S/C17H27N3O2/c1-14(13-21)19(3)17(22)16-6-4-15(5-7-16)12-20-10-8-18(2)9-11-20/h4-7,14,21H,8-13H2,1-3H3. The summed E-state index contributed by atoms with van der Waals surface area (Å²) >= 11 is 0. The molecule has 1 aliphatic heterocycles. The molecular weight excluding hydrogens is 278 g/mol. The van der Waals surface area contributed by atoms with E-state index in [0.29, 0.717) is 5.56 Å². The molecule has 1 aromatic carbocycles. The van der Waals surface area contributed by atoms with E-state index in [1.165, 1.54) is 5.56 Å². The van der Waals surface area contributed by atoms with Crippen LogP contribution in [0, 0.1) is 0 Å². The quantitative estimate of drug-likeness (QED) is 0.877. The van der Waals surface area contributed by atoms with Crippen LogP contribution in [0.5, 0.6) is 0 Å². The number of rotatable bonds is 5. The summed E-state index contributed by atoms with van der Waals surface area (Å²) in [6, 6.07) is 7.66. The zero-order valence-corrected chi connectivity index (χ0v) is 13.8. The Balaban J connectivity index is 1.94. The summed E-state index contributed by atoms with van der Waals surface area (Å²) in [4.78, 5) is 18.6. The maximum Gasteiger partial charge on any atom is 0.253 e. The molecule has 1 heterocycles. The number of aliphatic hydroxyl groups is 1. The number of carbonyl (C=O) groups excluding carboxylic acids is 1. The Morgan fingerprint density at radius 2 is 1.82 bits per heavy atom. The Morgan fingerprint density at radius 1 is 1.23 bits per heavy atom. The third-order valence-corrected chi connectivity index (χ3v) is 4.45. The number of piperazine rings is 1. The van der Waals surface area contributed by atoms with Gasteiger partial charge in [-0.2, -0.15) is 0 Å². The van der Waals surface area contributed by atoms with Crippen molar-refractivity contribution in [3.05, 3.63) is 35.4 Å². The molecule has 0 aromatic heterocycles. The van der Waals surface area contributed by atoms with E-state index in [1.54, 1.807) is 11.9 Å². The van der Waals surface area contributed by atoms with Crippen molar-refractivity contribution in [1.82, 2.24) is 14.7 Å². The minimum atomic E-state index is -0.169. The number of benzene rings is 1. The zero-order valence-electron chi connectivity index (χ0n) is 13.8. The molecule has 5 heteroatoms. The van der Waals surface area contributed by atoms with Crippen molar-refractivity contribution >= 4 is 5.91 Å². The van der Waals surface area contributed by atoms with Crippen LogP contribution in [-0.4, -0.2) is 78.6 Å². The zero-order chi connectivity index (χ0) is 16.1. The first kappa shape index (κ1) is 16.9. The minimum absolute atomic E-state index is 0.0241. The Bertz CT molecular complexity index is 481. The van der Waals surface area contributed by atoms with Crippen LogP contribution in [0.4, 0.5) is 0 Å². The second-order valence-corrected chi connectivity index (χ2v) is 6.22. The van der Waals surface area contributed by atoms with Crippen molar-refractivity contribution in [2.75, 3.05) is 46.9 Å². The van der Waals surface area contributed by atoms with E-state index >= 15 is 0 Å². The molecule has 0 spiro atoms. The van der Waals surface area contributed by atoms with Crippen LogP contribution in [0.1, 0.15) is 22.8 Å². The highest BCUT2D eigenvalue weighted by molar-refractivity contribution is 5.94. The Kier molecular flexibility index (Phi) is 5.94. The molecule has 1 amide bonds. The largest absolute Gasteiger partial charge is 0.394 e. The van der Waals surface area contributed by atoms with Gasteiger partial charge in [0.05, 0.1) is 12.6 Å². The monoisotopic (exact) mass is 305 g/mol. The van der Waals surface area contributed by atoms with Gasteiger partial charge in [0, 0.05) is 45.3 Å². The lowest BCUT2D eigenvalue weighted by Crippen LogP contribution is -2.43. The fourth-order valence-corrected chi connectivity index (χ4v) is 2.54. The lowest BCUT2D eigenvalue weighted by atomic mass is 10.1. The third kappa shape index (κ3) is 4.29. The number of hydrogen-bond acceptors (Lipinski definition) is 4. The maximum absolute atomic E-state index is 12.3. The van der Waals surface area contributed by atoms with Crippen molar-refractivity contribution in [1.29, 1.82) is 0 Å². The van der Waals surface area contributed by atoms with Crippen molar-refractivity contribution in [2.24, 2.45) is 0 Å². The van der Waals surface area contributed by atoms with Gasteiger partial charge in [-0.25, -0.2) is 0 Å². The first-order valence-corrected chi connectivity index (χ1v) is 7.89. The summed E-state index contributed by atoms with van der Waals surface area (Å²) in [7, 11) is 3.88. The molecule has 0 radical (unpaired) electrons. The number of hydrogen-bond donors (Lipinski definition) is 1. The van der Waals surface area contributed by atoms with Crippen molar-refractivity contribution < 1.29 is 9.90 Å². The Hall–Kier alpha value is -1.43. The molecule has 0 saturated carbocycles. The van der Waals surface area contributed by atoms with Crippen molar-refractivity contribution in [3.8, 4) is 0 Å². The van der Waals surface area contributed by atoms with Crippen LogP contribution in [0.15, 0.2) is 24.3 Å². The summed E-state index contributed by atoms with van der Waals surface area (Å²) in [5.41, 5.74) is 1.91. The molecule has 0 bridgehead atoms. The first-order chi connectivity index (χ1) is 10.5. The number of carbonyl (C=O) groups is 1. The molecule has 1 fully saturated rings. The predicted octanol–water partition coefficient (Wildman–Crippen LogP) is 0.887. The van der Waals surface area contributed by atoms with E-state index in [9.17, 15) is 4.79 Å². The van der Waals surface area contributed by atoms with Crippen LogP contribution in [-0.2, 0) is 6.54 Å². The van der Waals surface area contributed by atoms with E-state index in [-0.39, 0.29) is 18.6 Å². The smallest absolute Gasteiger partial charge is 0.253 e. The Morgan fingerprint density at radius 3 is 2.36 bits per heavy atom. The number of aliphatic hydroxyl groups excluding tert-OH is 1. The predicted molar refractivity (Wildman–Crippen MR) is 87.9 cm³/mol. The molecule has 1 atom stereocenters. The second-order valence-electron chi connectivity index (χ2n) is 6.22. The van der Waals surface area contributed by atoms with Gasteiger partial charge in [-0.1, -0.05) is 12.1 Å². The number of nitrogens with zero attached hydrogens (tertiary/aromatic N) is 3. The van der Waals surface area contributed by atoms with E-state index in [2.05, 4.69) is 16.8 Å². The van der Waals surface area contributed by atoms with Gasteiger partial charge in [-0.15, -0.1) is 0 Å². The van der Waals surface area contributed by atoms with Gasteiger partial charge in [0.2, 0.25) is 0 Å². The van der Waals surface area contributed by atoms with Crippen LogP contribution < -0.4 is 0 Å². The van der Waals surface area contributed by atoms with E-state index in [1.807, 2.05) is 31.2 Å². The summed E-state index contributed by atoms with van der Waals surface area (Å²) in [5, 5.41) is 9.14. The van der Waals surface area contributed by atoms with E-state index in [0.717, 1.165) is 32.7 Å². The van der Waals surface area contributed by atoms with Gasteiger partial charge >= 0.3 is 0 Å². The van der Waals surface area contributed by atoms with Crippen LogP contribution in [0.3, 0.4) is 0 Å². The SMILES string of the molecule is CC(CO)N(C)C(=O)c1ccc(CN2CCN(C)CC2)cc1. The van der Waals surface area contributed by atoms with Gasteiger partial charge in [0.25, 0.3) is 5.91 Å². The number of likely N-dealkylation sites (N-methyl/N-ethyl adjacent to an activating group) is 2. The van der Waals surface area contributed by atoms with Crippen molar-refractivity contribution in [2.45, 2.75) is 19.5 Å². The molecule has 122 valence electrons. The highest BCUT2D eigenvalue weighted by atomic mass is 16.3. The van der Waals surface area contributed by atoms with Gasteiger partial charge in [0.15, 0.2) is 0 Å². The summed E-state index contributed by atoms with van der Waals surface area (Å²) in [6.07, 6.45) is 0. The molecular formula is C17H27N3O2. The first-order valence-electron chi connectivity index (χ1n) is 7.89. The molecule has 2 rings (SSSR count). The molecule has 5 nitrogen and oxygen atoms in total. The summed E-state index contributed by atoms with van der Waals surface area (Å²) in [5.74, 6) is -0.0484. The lowest BCUT2D eigenvalue weighted by Gasteiger charge is -2.32. The minimum Gasteiger partial charge on any atom is -0.394 e. The van der Waals surface area contributed by atoms with Crippen LogP contribution in [0.25, 0.3) is 0 Å². The van der Waals surface area contributed by atoms with Crippen molar-refractivity contribution in [3.63, 3.8) is 0 Å². The number of amides is 1. The molecule has 1 aliphatic rings. The molecule has 22 heavy (non-hydrogen) atoms. The molecule has 1 unspecified atom stereocenters. The molecule has 1 saturated heterocycles. The highest BCUT2D eigenvalue weighted by Crippen LogP contribution is 2.12. The fourth-order valence-electron chi connectivity index (χ4n) is 2.54. The average Bonchev–Trinajstić information content (AvgIpc) is 2.55. The highest BCUT2D eigenvalue weighted by Gasteiger charge is 2.17. The molecule has 1 aromatic rings. The van der Waals surface area contributed by atoms with E-state index in [4.69, 9.17) is 5.11 Å². The van der Waals surface area contributed by atoms with Gasteiger partial charge in [0.1, 0.15) is 0 Å². The lowest BCUT2D eigenvalue weighted by molar-refractivity contribution is 0.0682. The van der Waals surface area contributed by atoms with Gasteiger partial charge in [-0.05, 0) is 31.7 Å². The fraction of sp³-hybridized carbons (Fsp3) is 0.588. The summed E-state index contributed by atoms with van der Waals surface area (Å²) < 4.78 is 0.